The number of nitrogens with zero attached hydrogens (tertiary/aromatic N) is 2. The first-order chi connectivity index (χ1) is 20.6. The van der Waals surface area contributed by atoms with Crippen LogP contribution in [0.2, 0.25) is 0 Å². The van der Waals surface area contributed by atoms with Crippen LogP contribution in [-0.4, -0.2) is 92.1 Å². The van der Waals surface area contributed by atoms with Crippen LogP contribution in [0.3, 0.4) is 0 Å². The van der Waals surface area contributed by atoms with Crippen molar-refractivity contribution in [3.8, 4) is 0 Å². The normalized spacial score (nSPS) is 15.3. The van der Waals surface area contributed by atoms with Crippen molar-refractivity contribution in [2.24, 2.45) is 0 Å². The Balaban J connectivity index is 0.00000129. The zero-order valence-corrected chi connectivity index (χ0v) is 26.8. The third-order valence-corrected chi connectivity index (χ3v) is 7.98. The lowest BCUT2D eigenvalue weighted by molar-refractivity contribution is -0.126. The van der Waals surface area contributed by atoms with Gasteiger partial charge in [-0.05, 0) is 52.6 Å². The number of amides is 2. The highest BCUT2D eigenvalue weighted by atomic mass is 32.2. The molecular formula is C30H40F6N4O4S. The van der Waals surface area contributed by atoms with Crippen LogP contribution in [0.4, 0.5) is 26.3 Å². The molecule has 15 heteroatoms. The number of H-pyrrole nitrogens is 1. The van der Waals surface area contributed by atoms with Gasteiger partial charge in [-0.2, -0.15) is 26.3 Å². The molecule has 252 valence electrons. The van der Waals surface area contributed by atoms with Crippen molar-refractivity contribution >= 4 is 27.7 Å². The van der Waals surface area contributed by atoms with E-state index in [1.807, 2.05) is 7.05 Å². The Bertz CT molecular complexity index is 1430. The molecule has 2 rings (SSSR count). The minimum atomic E-state index is -4.54. The average molecular weight is 667 g/mol. The average Bonchev–Trinajstić information content (AvgIpc) is 3.17. The molecule has 2 heterocycles. The number of alkyl halides is 6. The maximum absolute atomic E-state index is 13.2. The van der Waals surface area contributed by atoms with Gasteiger partial charge in [-0.25, -0.2) is 8.42 Å². The van der Waals surface area contributed by atoms with E-state index in [1.54, 1.807) is 31.7 Å². The smallest absolute Gasteiger partial charge is 0.358 e. The van der Waals surface area contributed by atoms with Crippen LogP contribution in [0.15, 0.2) is 54.3 Å². The summed E-state index contributed by atoms with van der Waals surface area (Å²) in [4.78, 5) is 33.0. The standard InChI is InChI=1S/C26H35F3N4O4S.C4H5F3/c1-6-9-30-24(34)21(8-7-14-38(36,37)17-18(2)16-26(27,28)29)15-22-19(3)23(20(4)31-22)25(35)33-12-10-32(5)11-13-33;1-3(2)4(5,6)7/h6-9,15,31H,2,10-14,16-17H2,1,3-5H3,(H,30,34);1H2,2H3/b8-7+,9-6+,21-15-;. The number of allylic oxidation sites excluding steroid dienone is 2. The monoisotopic (exact) mass is 666 g/mol. The van der Waals surface area contributed by atoms with Crippen molar-refractivity contribution in [2.45, 2.75) is 46.5 Å². The van der Waals surface area contributed by atoms with Crippen LogP contribution in [-0.2, 0) is 14.6 Å². The first kappa shape index (κ1) is 39.4. The van der Waals surface area contributed by atoms with E-state index in [0.717, 1.165) is 20.0 Å². The quantitative estimate of drug-likeness (QED) is 0.145. The van der Waals surface area contributed by atoms with Crippen molar-refractivity contribution in [2.75, 3.05) is 44.7 Å². The number of hydrogen-bond donors (Lipinski definition) is 2. The number of aromatic amines is 1. The van der Waals surface area contributed by atoms with Crippen molar-refractivity contribution in [3.05, 3.63) is 76.8 Å². The molecule has 8 nitrogen and oxygen atoms in total. The van der Waals surface area contributed by atoms with Gasteiger partial charge in [-0.1, -0.05) is 37.0 Å². The van der Waals surface area contributed by atoms with Gasteiger partial charge >= 0.3 is 12.4 Å². The Kier molecular flexibility index (Phi) is 14.6. The lowest BCUT2D eigenvalue weighted by atomic mass is 10.1. The number of aromatic nitrogens is 1. The van der Waals surface area contributed by atoms with Crippen molar-refractivity contribution in [1.82, 2.24) is 20.1 Å². The summed E-state index contributed by atoms with van der Waals surface area (Å²) in [6, 6.07) is 0. The Labute approximate surface area is 260 Å². The molecule has 1 aliphatic rings. The summed E-state index contributed by atoms with van der Waals surface area (Å²) in [7, 11) is -1.93. The van der Waals surface area contributed by atoms with E-state index in [1.165, 1.54) is 24.4 Å². The predicted molar refractivity (Wildman–Crippen MR) is 163 cm³/mol. The maximum Gasteiger partial charge on any atom is 0.411 e. The summed E-state index contributed by atoms with van der Waals surface area (Å²) in [6.07, 6.45) is -3.09. The first-order valence-corrected chi connectivity index (χ1v) is 15.5. The van der Waals surface area contributed by atoms with Crippen LogP contribution in [0.25, 0.3) is 6.08 Å². The second-order valence-electron chi connectivity index (χ2n) is 10.6. The van der Waals surface area contributed by atoms with Crippen molar-refractivity contribution in [1.29, 1.82) is 0 Å². The van der Waals surface area contributed by atoms with Crippen LogP contribution in [0.5, 0.6) is 0 Å². The number of rotatable bonds is 10. The van der Waals surface area contributed by atoms with Crippen molar-refractivity contribution < 1.29 is 44.3 Å². The second-order valence-corrected chi connectivity index (χ2v) is 12.7. The van der Waals surface area contributed by atoms with E-state index in [9.17, 15) is 44.3 Å². The number of carbonyl (C=O) groups excluding carboxylic acids is 2. The molecule has 0 atom stereocenters. The molecule has 0 saturated carbocycles. The molecule has 0 unspecified atom stereocenters. The Morgan fingerprint density at radius 2 is 1.60 bits per heavy atom. The summed E-state index contributed by atoms with van der Waals surface area (Å²) in [6.45, 7) is 14.8. The molecule has 45 heavy (non-hydrogen) atoms. The Hall–Kier alpha value is -3.59. The molecule has 1 aromatic rings. The summed E-state index contributed by atoms with van der Waals surface area (Å²) < 4.78 is 95.4. The third-order valence-electron chi connectivity index (χ3n) is 6.43. The minimum absolute atomic E-state index is 0.0929. The van der Waals surface area contributed by atoms with Gasteiger partial charge in [0.2, 0.25) is 0 Å². The number of likely N-dealkylation sites (N-methyl/N-ethyl adjacent to an activating group) is 1. The number of carbonyl (C=O) groups is 2. The van der Waals surface area contributed by atoms with Crippen LogP contribution in [0.1, 0.15) is 47.6 Å². The van der Waals surface area contributed by atoms with Crippen molar-refractivity contribution in [3.63, 3.8) is 0 Å². The highest BCUT2D eigenvalue weighted by molar-refractivity contribution is 7.91. The number of nitrogens with one attached hydrogen (secondary N) is 2. The second kappa shape index (κ2) is 16.6. The highest BCUT2D eigenvalue weighted by Gasteiger charge is 2.30. The lowest BCUT2D eigenvalue weighted by Gasteiger charge is -2.32. The molecule has 1 fully saturated rings. The largest absolute Gasteiger partial charge is 0.411 e. The number of halogens is 6. The topological polar surface area (TPSA) is 103 Å². The summed E-state index contributed by atoms with van der Waals surface area (Å²) >= 11 is 0. The van der Waals surface area contributed by atoms with Gasteiger partial charge in [0.1, 0.15) is 0 Å². The molecule has 1 aliphatic heterocycles. The molecule has 2 amide bonds. The van der Waals surface area contributed by atoms with Gasteiger partial charge in [-0.15, -0.1) is 0 Å². The maximum atomic E-state index is 13.2. The first-order valence-electron chi connectivity index (χ1n) is 13.7. The fourth-order valence-electron chi connectivity index (χ4n) is 4.02. The van der Waals surface area contributed by atoms with Gasteiger partial charge in [0.05, 0.1) is 23.5 Å². The van der Waals surface area contributed by atoms with Gasteiger partial charge in [0, 0.05) is 48.7 Å². The van der Waals surface area contributed by atoms with Crippen LogP contribution in [0, 0.1) is 13.8 Å². The molecule has 1 aromatic heterocycles. The highest BCUT2D eigenvalue weighted by Crippen LogP contribution is 2.25. The summed E-state index contributed by atoms with van der Waals surface area (Å²) in [5.41, 5.74) is 1.19. The number of piperazine rings is 1. The molecule has 2 N–H and O–H groups in total. The van der Waals surface area contributed by atoms with E-state index in [0.29, 0.717) is 35.6 Å². The fourth-order valence-corrected chi connectivity index (χ4v) is 5.25. The van der Waals surface area contributed by atoms with E-state index >= 15 is 0 Å². The SMILES string of the molecule is C=C(C)C(F)(F)F.C=C(CC(F)(F)F)CS(=O)(=O)C/C=C/C(=C/c1[nH]c(C)c(C(=O)N2CCN(C)CC2)c1C)C(=O)N/C=C/C. The molecule has 0 bridgehead atoms. The lowest BCUT2D eigenvalue weighted by Crippen LogP contribution is -2.47. The molecule has 1 saturated heterocycles. The number of hydrogen-bond acceptors (Lipinski definition) is 5. The van der Waals surface area contributed by atoms with E-state index < -0.39 is 57.2 Å². The fraction of sp³-hybridized carbons (Fsp3) is 0.467. The minimum Gasteiger partial charge on any atom is -0.358 e. The van der Waals surface area contributed by atoms with E-state index in [2.05, 4.69) is 28.4 Å². The molecular weight excluding hydrogens is 626 g/mol. The Morgan fingerprint density at radius 1 is 1.04 bits per heavy atom. The third kappa shape index (κ3) is 13.9. The summed E-state index contributed by atoms with van der Waals surface area (Å²) in [5.74, 6) is -2.03. The number of aryl methyl sites for hydroxylation is 1. The van der Waals surface area contributed by atoms with E-state index in [-0.39, 0.29) is 11.5 Å². The summed E-state index contributed by atoms with van der Waals surface area (Å²) in [5, 5.41) is 2.56. The zero-order chi connectivity index (χ0) is 34.8. The van der Waals surface area contributed by atoms with Gasteiger partial charge in [0.15, 0.2) is 9.84 Å². The van der Waals surface area contributed by atoms with Gasteiger partial charge < -0.3 is 20.1 Å². The molecule has 0 radical (unpaired) electrons. The molecule has 0 aliphatic carbocycles. The number of sulfone groups is 1. The van der Waals surface area contributed by atoms with Crippen LogP contribution < -0.4 is 5.32 Å². The zero-order valence-electron chi connectivity index (χ0n) is 26.0. The van der Waals surface area contributed by atoms with E-state index in [4.69, 9.17) is 0 Å². The Morgan fingerprint density at radius 3 is 2.09 bits per heavy atom. The molecule has 0 spiro atoms. The van der Waals surface area contributed by atoms with Gasteiger partial charge in [0.25, 0.3) is 11.8 Å². The molecule has 0 aromatic carbocycles. The van der Waals surface area contributed by atoms with Gasteiger partial charge in [-0.3, -0.25) is 9.59 Å². The van der Waals surface area contributed by atoms with Crippen LogP contribution >= 0.6 is 0 Å². The predicted octanol–water partition coefficient (Wildman–Crippen LogP) is 5.66.